The maximum Gasteiger partial charge on any atom is 0.159 e. The van der Waals surface area contributed by atoms with E-state index < -0.39 is 0 Å². The van der Waals surface area contributed by atoms with Gasteiger partial charge in [0.15, 0.2) is 5.58 Å². The zero-order chi connectivity index (χ0) is 17.7. The maximum absolute atomic E-state index is 6.51. The molecule has 0 unspecified atom stereocenters. The van der Waals surface area contributed by atoms with E-state index in [0.29, 0.717) is 5.02 Å². The molecule has 0 bridgehead atoms. The Morgan fingerprint density at radius 3 is 2.46 bits per heavy atom. The van der Waals surface area contributed by atoms with E-state index in [4.69, 9.17) is 16.0 Å². The van der Waals surface area contributed by atoms with Crippen molar-refractivity contribution in [3.05, 3.63) is 82.3 Å². The van der Waals surface area contributed by atoms with Gasteiger partial charge in [-0.25, -0.2) is 0 Å². The molecule has 0 spiro atoms. The molecule has 1 heterocycles. The van der Waals surface area contributed by atoms with E-state index in [1.54, 1.807) is 0 Å². The average Bonchev–Trinajstić information content (AvgIpc) is 3.06. The molecule has 1 N–H and O–H groups in total. The number of nitrogens with one attached hydrogen (secondary N) is 1. The molecule has 2 nitrogen and oxygen atoms in total. The van der Waals surface area contributed by atoms with E-state index in [-0.39, 0.29) is 0 Å². The van der Waals surface area contributed by atoms with Gasteiger partial charge >= 0.3 is 0 Å². The van der Waals surface area contributed by atoms with Gasteiger partial charge in [0.1, 0.15) is 5.58 Å². The summed E-state index contributed by atoms with van der Waals surface area (Å²) in [5, 5.41) is 8.53. The number of para-hydroxylation sites is 1. The molecule has 0 aliphatic rings. The van der Waals surface area contributed by atoms with Gasteiger partial charge < -0.3 is 9.73 Å². The first-order valence-corrected chi connectivity index (χ1v) is 9.43. The Balaban J connectivity index is 1.77. The molecule has 4 aromatic carbocycles. The van der Waals surface area contributed by atoms with Gasteiger partial charge in [-0.1, -0.05) is 76.1 Å². The number of furan rings is 1. The van der Waals surface area contributed by atoms with Crippen LogP contribution in [0.3, 0.4) is 0 Å². The zero-order valence-corrected chi connectivity index (χ0v) is 15.9. The third-order valence-corrected chi connectivity index (χ3v) is 5.59. The first-order chi connectivity index (χ1) is 12.7. The highest BCUT2D eigenvalue weighted by Gasteiger charge is 2.15. The second kappa shape index (κ2) is 6.04. The third-order valence-electron chi connectivity index (χ3n) is 4.61. The molecule has 0 radical (unpaired) electrons. The standard InChI is InChI=1S/C22H13BrClNO/c23-16-10-12-18(22-20(16)15-7-3-4-8-19(15)26-22)25-21-14-6-2-1-5-13(14)9-11-17(21)24/h1-12,25H. The second-order valence-electron chi connectivity index (χ2n) is 6.17. The number of rotatable bonds is 2. The molecule has 0 saturated carbocycles. The lowest BCUT2D eigenvalue weighted by Gasteiger charge is -2.12. The van der Waals surface area contributed by atoms with Crippen LogP contribution in [-0.4, -0.2) is 0 Å². The Morgan fingerprint density at radius 1 is 0.808 bits per heavy atom. The van der Waals surface area contributed by atoms with Gasteiger partial charge in [0.25, 0.3) is 0 Å². The Hall–Kier alpha value is -2.49. The number of halogens is 2. The molecule has 0 aliphatic heterocycles. The lowest BCUT2D eigenvalue weighted by atomic mass is 10.1. The largest absolute Gasteiger partial charge is 0.454 e. The van der Waals surface area contributed by atoms with E-state index >= 15 is 0 Å². The first kappa shape index (κ1) is 15.7. The number of hydrogen-bond donors (Lipinski definition) is 1. The van der Waals surface area contributed by atoms with Crippen molar-refractivity contribution in [1.29, 1.82) is 0 Å². The molecule has 4 heteroatoms. The summed E-state index contributed by atoms with van der Waals surface area (Å²) in [5.74, 6) is 0. The van der Waals surface area contributed by atoms with E-state index in [0.717, 1.165) is 48.6 Å². The molecule has 0 fully saturated rings. The average molecular weight is 423 g/mol. The van der Waals surface area contributed by atoms with Crippen molar-refractivity contribution in [3.8, 4) is 0 Å². The van der Waals surface area contributed by atoms with Crippen molar-refractivity contribution in [3.63, 3.8) is 0 Å². The predicted octanol–water partition coefficient (Wildman–Crippen LogP) is 7.90. The van der Waals surface area contributed by atoms with E-state index in [1.165, 1.54) is 0 Å². The molecule has 5 aromatic rings. The summed E-state index contributed by atoms with van der Waals surface area (Å²) in [7, 11) is 0. The summed E-state index contributed by atoms with van der Waals surface area (Å²) in [5.41, 5.74) is 3.44. The van der Waals surface area contributed by atoms with Crippen LogP contribution in [0, 0.1) is 0 Å². The van der Waals surface area contributed by atoms with Gasteiger partial charge in [0.2, 0.25) is 0 Å². The number of benzene rings is 4. The van der Waals surface area contributed by atoms with Crippen LogP contribution in [0.1, 0.15) is 0 Å². The van der Waals surface area contributed by atoms with Crippen molar-refractivity contribution in [2.75, 3.05) is 5.32 Å². The number of hydrogen-bond acceptors (Lipinski definition) is 2. The lowest BCUT2D eigenvalue weighted by molar-refractivity contribution is 0.670. The zero-order valence-electron chi connectivity index (χ0n) is 13.6. The van der Waals surface area contributed by atoms with Gasteiger partial charge in [0.05, 0.1) is 16.4 Å². The van der Waals surface area contributed by atoms with Crippen LogP contribution in [0.4, 0.5) is 11.4 Å². The van der Waals surface area contributed by atoms with Crippen LogP contribution in [0.15, 0.2) is 81.7 Å². The monoisotopic (exact) mass is 421 g/mol. The topological polar surface area (TPSA) is 25.2 Å². The highest BCUT2D eigenvalue weighted by Crippen LogP contribution is 2.41. The van der Waals surface area contributed by atoms with Gasteiger partial charge in [-0.3, -0.25) is 0 Å². The lowest BCUT2D eigenvalue weighted by Crippen LogP contribution is -1.93. The fourth-order valence-corrected chi connectivity index (χ4v) is 4.13. The molecule has 126 valence electrons. The van der Waals surface area contributed by atoms with Crippen LogP contribution in [0.5, 0.6) is 0 Å². The molecule has 0 amide bonds. The minimum absolute atomic E-state index is 0.677. The minimum atomic E-state index is 0.677. The molecular formula is C22H13BrClNO. The first-order valence-electron chi connectivity index (χ1n) is 8.26. The van der Waals surface area contributed by atoms with Crippen molar-refractivity contribution in [1.82, 2.24) is 0 Å². The highest BCUT2D eigenvalue weighted by molar-refractivity contribution is 9.10. The van der Waals surface area contributed by atoms with Crippen LogP contribution >= 0.6 is 27.5 Å². The summed E-state index contributed by atoms with van der Waals surface area (Å²) in [4.78, 5) is 0. The fourth-order valence-electron chi connectivity index (χ4n) is 3.39. The van der Waals surface area contributed by atoms with Crippen LogP contribution < -0.4 is 5.32 Å². The van der Waals surface area contributed by atoms with E-state index in [2.05, 4.69) is 39.4 Å². The van der Waals surface area contributed by atoms with Crippen LogP contribution in [-0.2, 0) is 0 Å². The van der Waals surface area contributed by atoms with Gasteiger partial charge in [-0.2, -0.15) is 0 Å². The summed E-state index contributed by atoms with van der Waals surface area (Å²) < 4.78 is 7.16. The summed E-state index contributed by atoms with van der Waals surface area (Å²) in [6.45, 7) is 0. The van der Waals surface area contributed by atoms with E-state index in [1.807, 2.05) is 54.6 Å². The van der Waals surface area contributed by atoms with Crippen LogP contribution in [0.2, 0.25) is 5.02 Å². The Labute approximate surface area is 163 Å². The van der Waals surface area contributed by atoms with E-state index in [9.17, 15) is 0 Å². The number of fused-ring (bicyclic) bond motifs is 4. The quantitative estimate of drug-likeness (QED) is 0.313. The Bertz CT molecular complexity index is 1290. The van der Waals surface area contributed by atoms with Crippen molar-refractivity contribution < 1.29 is 4.42 Å². The van der Waals surface area contributed by atoms with Gasteiger partial charge in [0, 0.05) is 20.6 Å². The van der Waals surface area contributed by atoms with Gasteiger partial charge in [-0.15, -0.1) is 0 Å². The number of anilines is 2. The van der Waals surface area contributed by atoms with Crippen LogP contribution in [0.25, 0.3) is 32.7 Å². The minimum Gasteiger partial charge on any atom is -0.454 e. The second-order valence-corrected chi connectivity index (χ2v) is 7.43. The van der Waals surface area contributed by atoms with Crippen molar-refractivity contribution in [2.24, 2.45) is 0 Å². The third kappa shape index (κ3) is 2.39. The van der Waals surface area contributed by atoms with Crippen molar-refractivity contribution in [2.45, 2.75) is 0 Å². The summed E-state index contributed by atoms with van der Waals surface area (Å²) >= 11 is 10.2. The predicted molar refractivity (Wildman–Crippen MR) is 114 cm³/mol. The molecule has 0 atom stereocenters. The highest BCUT2D eigenvalue weighted by atomic mass is 79.9. The maximum atomic E-state index is 6.51. The molecular weight excluding hydrogens is 410 g/mol. The molecule has 1 aromatic heterocycles. The normalized spacial score (nSPS) is 11.5. The Morgan fingerprint density at radius 2 is 1.58 bits per heavy atom. The Kier molecular flexibility index (Phi) is 3.66. The summed E-state index contributed by atoms with van der Waals surface area (Å²) in [6.07, 6.45) is 0. The molecule has 0 aliphatic carbocycles. The molecule has 26 heavy (non-hydrogen) atoms. The fraction of sp³-hybridized carbons (Fsp3) is 0. The summed E-state index contributed by atoms with van der Waals surface area (Å²) in [6, 6.07) is 24.2. The SMILES string of the molecule is Clc1ccc2ccccc2c1Nc1ccc(Br)c2c1oc1ccccc12. The molecule has 5 rings (SSSR count). The molecule has 0 saturated heterocycles. The smallest absolute Gasteiger partial charge is 0.159 e. The van der Waals surface area contributed by atoms with Crippen molar-refractivity contribution >= 4 is 71.6 Å². The van der Waals surface area contributed by atoms with Gasteiger partial charge in [-0.05, 0) is 29.7 Å².